The topological polar surface area (TPSA) is 55.8 Å². The zero-order valence-electron chi connectivity index (χ0n) is 17.6. The molecule has 0 radical (unpaired) electrons. The van der Waals surface area contributed by atoms with Gasteiger partial charge in [-0.2, -0.15) is 8.78 Å². The molecule has 10 heteroatoms. The largest absolute Gasteiger partial charge is 0.448 e. The van der Waals surface area contributed by atoms with Crippen molar-refractivity contribution in [2.75, 3.05) is 20.2 Å². The lowest BCUT2D eigenvalue weighted by Gasteiger charge is -2.19. The van der Waals surface area contributed by atoms with Crippen LogP contribution < -0.4 is 4.74 Å². The smallest absolute Gasteiger partial charge is 0.410 e. The zero-order valence-corrected chi connectivity index (χ0v) is 17.6. The lowest BCUT2D eigenvalue weighted by atomic mass is 9.98. The van der Waals surface area contributed by atoms with E-state index in [0.717, 1.165) is 34.2 Å². The van der Waals surface area contributed by atoms with E-state index in [0.29, 0.717) is 0 Å². The van der Waals surface area contributed by atoms with Crippen molar-refractivity contribution < 1.29 is 41.0 Å². The minimum atomic E-state index is -2.38. The van der Waals surface area contributed by atoms with Gasteiger partial charge < -0.3 is 14.4 Å². The number of benzene rings is 3. The first-order chi connectivity index (χ1) is 16.2. The highest BCUT2D eigenvalue weighted by molar-refractivity contribution is 5.80. The summed E-state index contributed by atoms with van der Waals surface area (Å²) in [4.78, 5) is 25.1. The average Bonchev–Trinajstić information content (AvgIpc) is 3.16. The van der Waals surface area contributed by atoms with Gasteiger partial charge in [-0.15, -0.1) is 0 Å². The van der Waals surface area contributed by atoms with Crippen LogP contribution in [0.1, 0.15) is 17.0 Å². The third-order valence-electron chi connectivity index (χ3n) is 5.40. The second-order valence-electron chi connectivity index (χ2n) is 7.53. The average molecular weight is 477 g/mol. The lowest BCUT2D eigenvalue weighted by Crippen LogP contribution is -2.35. The van der Waals surface area contributed by atoms with Gasteiger partial charge in [0.2, 0.25) is 34.8 Å². The van der Waals surface area contributed by atoms with Gasteiger partial charge in [-0.25, -0.2) is 22.8 Å². The van der Waals surface area contributed by atoms with Gasteiger partial charge in [0.1, 0.15) is 13.2 Å². The molecule has 5 nitrogen and oxygen atoms in total. The van der Waals surface area contributed by atoms with Gasteiger partial charge in [-0.1, -0.05) is 48.5 Å². The predicted molar refractivity (Wildman–Crippen MR) is 110 cm³/mol. The predicted octanol–water partition coefficient (Wildman–Crippen LogP) is 5.17. The molecule has 3 aromatic carbocycles. The quantitative estimate of drug-likeness (QED) is 0.167. The summed E-state index contributed by atoms with van der Waals surface area (Å²) in [5.74, 6) is -14.9. The van der Waals surface area contributed by atoms with Crippen molar-refractivity contribution in [2.45, 2.75) is 5.92 Å². The first kappa shape index (κ1) is 23.2. The van der Waals surface area contributed by atoms with Crippen LogP contribution in [0, 0.1) is 29.1 Å². The zero-order chi connectivity index (χ0) is 24.6. The molecule has 34 heavy (non-hydrogen) atoms. The van der Waals surface area contributed by atoms with Crippen molar-refractivity contribution in [3.05, 3.63) is 88.7 Å². The second-order valence-corrected chi connectivity index (χ2v) is 7.53. The molecule has 0 atom stereocenters. The first-order valence-corrected chi connectivity index (χ1v) is 9.99. The number of rotatable bonds is 5. The maximum absolute atomic E-state index is 13.7. The molecule has 0 saturated heterocycles. The van der Waals surface area contributed by atoms with Crippen molar-refractivity contribution in [1.82, 2.24) is 4.90 Å². The molecule has 1 aliphatic rings. The maximum Gasteiger partial charge on any atom is 0.410 e. The van der Waals surface area contributed by atoms with Crippen LogP contribution in [0.4, 0.5) is 26.7 Å². The Morgan fingerprint density at radius 1 is 0.794 bits per heavy atom. The molecular weight excluding hydrogens is 461 g/mol. The summed E-state index contributed by atoms with van der Waals surface area (Å²) in [7, 11) is 1.15. The monoisotopic (exact) mass is 477 g/mol. The maximum atomic E-state index is 13.7. The Labute approximate surface area is 190 Å². The first-order valence-electron chi connectivity index (χ1n) is 9.99. The van der Waals surface area contributed by atoms with Crippen LogP contribution in [0.3, 0.4) is 0 Å². The van der Waals surface area contributed by atoms with E-state index < -0.39 is 53.4 Å². The van der Waals surface area contributed by atoms with Gasteiger partial charge in [0.25, 0.3) is 0 Å². The summed E-state index contributed by atoms with van der Waals surface area (Å²) in [5, 5.41) is 0. The Morgan fingerprint density at radius 3 is 1.79 bits per heavy atom. The molecule has 0 aliphatic heterocycles. The number of carbonyl (C=O) groups is 2. The molecule has 1 aliphatic carbocycles. The Morgan fingerprint density at radius 2 is 1.26 bits per heavy atom. The van der Waals surface area contributed by atoms with Crippen molar-refractivity contribution in [1.29, 1.82) is 0 Å². The highest BCUT2D eigenvalue weighted by Crippen LogP contribution is 2.44. The number of amides is 1. The summed E-state index contributed by atoms with van der Waals surface area (Å²) in [6.45, 7) is -0.917. The molecule has 0 saturated carbocycles. The SMILES string of the molecule is CN(CC(=O)Oc1c(F)c(F)c(F)c(F)c1F)C(=O)OCC1c2ccccc2-c2ccccc21. The number of hydrogen-bond acceptors (Lipinski definition) is 4. The summed E-state index contributed by atoms with van der Waals surface area (Å²) < 4.78 is 76.6. The van der Waals surface area contributed by atoms with Crippen LogP contribution in [0.25, 0.3) is 11.1 Å². The number of halogens is 5. The fraction of sp³-hybridized carbons (Fsp3) is 0.167. The van der Waals surface area contributed by atoms with Crippen LogP contribution in [-0.2, 0) is 9.53 Å². The van der Waals surface area contributed by atoms with Crippen LogP contribution >= 0.6 is 0 Å². The number of hydrogen-bond donors (Lipinski definition) is 0. The Hall–Kier alpha value is -3.95. The highest BCUT2D eigenvalue weighted by atomic mass is 19.2. The molecule has 0 fully saturated rings. The molecule has 0 spiro atoms. The highest BCUT2D eigenvalue weighted by Gasteiger charge is 2.31. The number of carbonyl (C=O) groups excluding carboxylic acids is 2. The summed E-state index contributed by atoms with van der Waals surface area (Å²) >= 11 is 0. The summed E-state index contributed by atoms with van der Waals surface area (Å²) in [5.41, 5.74) is 3.95. The minimum absolute atomic E-state index is 0.0517. The normalized spacial score (nSPS) is 12.2. The molecule has 1 amide bonds. The molecule has 3 aromatic rings. The third-order valence-corrected chi connectivity index (χ3v) is 5.40. The standard InChI is InChI=1S/C24H16F5NO4/c1-30(10-17(31)34-23-21(28)19(26)18(25)20(27)22(23)29)24(32)33-11-16-14-8-4-2-6-12(14)13-7-3-5-9-15(13)16/h2-9,16H,10-11H2,1H3. The number of esters is 1. The fourth-order valence-corrected chi connectivity index (χ4v) is 3.78. The summed E-state index contributed by atoms with van der Waals surface area (Å²) in [6, 6.07) is 15.3. The van der Waals surface area contributed by atoms with E-state index in [9.17, 15) is 31.5 Å². The Balaban J connectivity index is 1.41. The van der Waals surface area contributed by atoms with E-state index in [4.69, 9.17) is 4.74 Å². The molecule has 0 heterocycles. The van der Waals surface area contributed by atoms with Gasteiger partial charge in [0.05, 0.1) is 0 Å². The van der Waals surface area contributed by atoms with Crippen molar-refractivity contribution in [3.8, 4) is 16.9 Å². The Bertz CT molecular complexity index is 1220. The molecule has 0 aromatic heterocycles. The van der Waals surface area contributed by atoms with E-state index in [2.05, 4.69) is 4.74 Å². The van der Waals surface area contributed by atoms with Crippen LogP contribution in [0.2, 0.25) is 0 Å². The van der Waals surface area contributed by atoms with Crippen LogP contribution in [-0.4, -0.2) is 37.2 Å². The van der Waals surface area contributed by atoms with Crippen molar-refractivity contribution in [3.63, 3.8) is 0 Å². The van der Waals surface area contributed by atoms with Gasteiger partial charge >= 0.3 is 12.1 Å². The fourth-order valence-electron chi connectivity index (χ4n) is 3.78. The second kappa shape index (κ2) is 9.12. The molecule has 4 rings (SSSR count). The van der Waals surface area contributed by atoms with Crippen molar-refractivity contribution >= 4 is 12.1 Å². The van der Waals surface area contributed by atoms with Crippen LogP contribution in [0.15, 0.2) is 48.5 Å². The number of nitrogens with zero attached hydrogens (tertiary/aromatic N) is 1. The Kier molecular flexibility index (Phi) is 6.23. The van der Waals surface area contributed by atoms with Crippen molar-refractivity contribution in [2.24, 2.45) is 0 Å². The van der Waals surface area contributed by atoms with E-state index in [-0.39, 0.29) is 12.5 Å². The third kappa shape index (κ3) is 4.07. The number of fused-ring (bicyclic) bond motifs is 3. The van der Waals surface area contributed by atoms with Gasteiger partial charge in [0.15, 0.2) is 0 Å². The molecule has 0 N–H and O–H groups in total. The molecular formula is C24H16F5NO4. The van der Waals surface area contributed by atoms with Crippen LogP contribution in [0.5, 0.6) is 5.75 Å². The lowest BCUT2D eigenvalue weighted by molar-refractivity contribution is -0.135. The number of likely N-dealkylation sites (N-methyl/N-ethyl adjacent to an activating group) is 1. The molecule has 0 bridgehead atoms. The minimum Gasteiger partial charge on any atom is -0.448 e. The van der Waals surface area contributed by atoms with Gasteiger partial charge in [0, 0.05) is 13.0 Å². The van der Waals surface area contributed by atoms with E-state index in [1.807, 2.05) is 48.5 Å². The molecule has 176 valence electrons. The number of ether oxygens (including phenoxy) is 2. The van der Waals surface area contributed by atoms with Gasteiger partial charge in [-0.3, -0.25) is 0 Å². The summed E-state index contributed by atoms with van der Waals surface area (Å²) in [6.07, 6.45) is -0.948. The van der Waals surface area contributed by atoms with Gasteiger partial charge in [-0.05, 0) is 22.3 Å². The van der Waals surface area contributed by atoms with E-state index in [1.165, 1.54) is 0 Å². The van der Waals surface area contributed by atoms with E-state index >= 15 is 0 Å². The molecule has 0 unspecified atom stereocenters. The van der Waals surface area contributed by atoms with E-state index in [1.54, 1.807) is 0 Å².